The predicted octanol–water partition coefficient (Wildman–Crippen LogP) is 2.40. The van der Waals surface area contributed by atoms with Crippen LogP contribution in [0, 0.1) is 0 Å². The zero-order valence-electron chi connectivity index (χ0n) is 10.2. The van der Waals surface area contributed by atoms with E-state index >= 15 is 0 Å². The molecule has 0 aliphatic heterocycles. The van der Waals surface area contributed by atoms with E-state index in [2.05, 4.69) is 0 Å². The summed E-state index contributed by atoms with van der Waals surface area (Å²) in [5.74, 6) is 0.398. The Kier molecular flexibility index (Phi) is 3.26. The first-order valence-corrected chi connectivity index (χ1v) is 5.76. The fraction of sp³-hybridized carbons (Fsp3) is 0.200. The molecule has 3 nitrogen and oxygen atoms in total. The average molecular weight is 244 g/mol. The summed E-state index contributed by atoms with van der Waals surface area (Å²) in [5, 5.41) is 28.3. The smallest absolute Gasteiger partial charge is 0.115 e. The van der Waals surface area contributed by atoms with Crippen LogP contribution in [0.3, 0.4) is 0 Å². The minimum absolute atomic E-state index is 0.0530. The van der Waals surface area contributed by atoms with Crippen LogP contribution in [0.2, 0.25) is 0 Å². The summed E-state index contributed by atoms with van der Waals surface area (Å²) in [7, 11) is 0. The van der Waals surface area contributed by atoms with E-state index in [-0.39, 0.29) is 18.1 Å². The highest BCUT2D eigenvalue weighted by Crippen LogP contribution is 2.33. The molecular formula is C15H16O3. The van der Waals surface area contributed by atoms with Crippen molar-refractivity contribution in [1.82, 2.24) is 0 Å². The van der Waals surface area contributed by atoms with Gasteiger partial charge in [0.2, 0.25) is 0 Å². The normalized spacial score (nSPS) is 11.4. The first kappa shape index (κ1) is 12.5. The van der Waals surface area contributed by atoms with Gasteiger partial charge in [-0.25, -0.2) is 0 Å². The molecule has 0 unspecified atom stereocenters. The van der Waals surface area contributed by atoms with E-state index < -0.39 is 5.41 Å². The lowest BCUT2D eigenvalue weighted by Gasteiger charge is -2.28. The van der Waals surface area contributed by atoms with Gasteiger partial charge in [-0.2, -0.15) is 0 Å². The summed E-state index contributed by atoms with van der Waals surface area (Å²) in [6, 6.07) is 13.6. The molecule has 94 valence electrons. The van der Waals surface area contributed by atoms with Crippen LogP contribution in [-0.2, 0) is 5.41 Å². The van der Waals surface area contributed by atoms with Crippen molar-refractivity contribution in [3.63, 3.8) is 0 Å². The number of benzene rings is 2. The molecule has 0 atom stereocenters. The zero-order chi connectivity index (χ0) is 13.2. The Hall–Kier alpha value is -2.00. The number of phenolic OH excluding ortho intramolecular Hbond substituents is 2. The van der Waals surface area contributed by atoms with E-state index in [0.717, 1.165) is 11.1 Å². The zero-order valence-corrected chi connectivity index (χ0v) is 10.2. The molecule has 0 saturated carbocycles. The molecular weight excluding hydrogens is 228 g/mol. The third-order valence-electron chi connectivity index (χ3n) is 3.33. The summed E-state index contributed by atoms with van der Waals surface area (Å²) >= 11 is 0. The van der Waals surface area contributed by atoms with Gasteiger partial charge in [0.1, 0.15) is 11.5 Å². The molecule has 0 aliphatic carbocycles. The van der Waals surface area contributed by atoms with Gasteiger partial charge in [-0.1, -0.05) is 24.3 Å². The molecule has 0 spiro atoms. The van der Waals surface area contributed by atoms with Crippen molar-refractivity contribution in [2.45, 2.75) is 12.3 Å². The molecule has 0 fully saturated rings. The lowest BCUT2D eigenvalue weighted by molar-refractivity contribution is 0.231. The Morgan fingerprint density at radius 2 is 1.11 bits per heavy atom. The Morgan fingerprint density at radius 1 is 0.778 bits per heavy atom. The molecule has 18 heavy (non-hydrogen) atoms. The second kappa shape index (κ2) is 4.70. The highest BCUT2D eigenvalue weighted by molar-refractivity contribution is 5.42. The molecule has 0 bridgehead atoms. The van der Waals surface area contributed by atoms with Crippen LogP contribution in [0.4, 0.5) is 0 Å². The second-order valence-corrected chi connectivity index (χ2v) is 4.58. The highest BCUT2D eigenvalue weighted by atomic mass is 16.3. The second-order valence-electron chi connectivity index (χ2n) is 4.58. The van der Waals surface area contributed by atoms with Crippen molar-refractivity contribution in [3.8, 4) is 11.5 Å². The van der Waals surface area contributed by atoms with Crippen LogP contribution in [0.1, 0.15) is 18.1 Å². The Balaban J connectivity index is 2.47. The van der Waals surface area contributed by atoms with Crippen LogP contribution >= 0.6 is 0 Å². The summed E-state index contributed by atoms with van der Waals surface area (Å²) in [6.07, 6.45) is 0. The summed E-state index contributed by atoms with van der Waals surface area (Å²) in [5.41, 5.74) is 1.27. The Bertz CT molecular complexity index is 469. The number of rotatable bonds is 3. The largest absolute Gasteiger partial charge is 0.508 e. The number of aliphatic hydroxyl groups is 1. The molecule has 3 N–H and O–H groups in total. The summed E-state index contributed by atoms with van der Waals surface area (Å²) in [6.45, 7) is 1.87. The van der Waals surface area contributed by atoms with E-state index in [4.69, 9.17) is 0 Å². The van der Waals surface area contributed by atoms with Crippen molar-refractivity contribution in [1.29, 1.82) is 0 Å². The molecule has 0 heterocycles. The minimum atomic E-state index is -0.554. The minimum Gasteiger partial charge on any atom is -0.508 e. The van der Waals surface area contributed by atoms with Crippen LogP contribution < -0.4 is 0 Å². The summed E-state index contributed by atoms with van der Waals surface area (Å²) < 4.78 is 0. The lowest BCUT2D eigenvalue weighted by Crippen LogP contribution is -2.28. The Morgan fingerprint density at radius 3 is 1.39 bits per heavy atom. The number of hydrogen-bond acceptors (Lipinski definition) is 3. The van der Waals surface area contributed by atoms with Crippen molar-refractivity contribution < 1.29 is 15.3 Å². The topological polar surface area (TPSA) is 60.7 Å². The van der Waals surface area contributed by atoms with E-state index in [1.54, 1.807) is 48.5 Å². The quantitative estimate of drug-likeness (QED) is 0.777. The van der Waals surface area contributed by atoms with Gasteiger partial charge in [0, 0.05) is 5.41 Å². The fourth-order valence-corrected chi connectivity index (χ4v) is 2.01. The molecule has 3 heteroatoms. The maximum absolute atomic E-state index is 9.71. The van der Waals surface area contributed by atoms with E-state index in [1.165, 1.54) is 0 Å². The molecule has 2 rings (SSSR count). The van der Waals surface area contributed by atoms with Gasteiger partial charge in [-0.15, -0.1) is 0 Å². The number of aliphatic hydroxyl groups excluding tert-OH is 1. The van der Waals surface area contributed by atoms with Gasteiger partial charge >= 0.3 is 0 Å². The SMILES string of the molecule is CC(CO)(c1ccc(O)cc1)c1ccc(O)cc1. The van der Waals surface area contributed by atoms with Gasteiger partial charge in [0.25, 0.3) is 0 Å². The van der Waals surface area contributed by atoms with Gasteiger partial charge in [0.15, 0.2) is 0 Å². The maximum atomic E-state index is 9.71. The molecule has 0 aliphatic rings. The van der Waals surface area contributed by atoms with E-state index in [9.17, 15) is 15.3 Å². The number of hydrogen-bond donors (Lipinski definition) is 3. The van der Waals surface area contributed by atoms with Crippen LogP contribution in [-0.4, -0.2) is 21.9 Å². The van der Waals surface area contributed by atoms with Crippen molar-refractivity contribution in [3.05, 3.63) is 59.7 Å². The molecule has 0 radical (unpaired) electrons. The van der Waals surface area contributed by atoms with Gasteiger partial charge < -0.3 is 15.3 Å². The predicted molar refractivity (Wildman–Crippen MR) is 69.8 cm³/mol. The third-order valence-corrected chi connectivity index (χ3v) is 3.33. The monoisotopic (exact) mass is 244 g/mol. The average Bonchev–Trinajstić information content (AvgIpc) is 2.39. The van der Waals surface area contributed by atoms with Crippen LogP contribution in [0.15, 0.2) is 48.5 Å². The first-order valence-electron chi connectivity index (χ1n) is 5.76. The van der Waals surface area contributed by atoms with Gasteiger partial charge in [0.05, 0.1) is 6.61 Å². The standard InChI is InChI=1S/C15H16O3/c1-15(10-16,11-2-6-13(17)7-3-11)12-4-8-14(18)9-5-12/h2-9,16-18H,10H2,1H3. The van der Waals surface area contributed by atoms with Crippen LogP contribution in [0.5, 0.6) is 11.5 Å². The molecule has 2 aromatic carbocycles. The lowest BCUT2D eigenvalue weighted by atomic mass is 9.77. The Labute approximate surface area is 106 Å². The molecule has 0 amide bonds. The third kappa shape index (κ3) is 2.17. The maximum Gasteiger partial charge on any atom is 0.115 e. The first-order chi connectivity index (χ1) is 8.56. The van der Waals surface area contributed by atoms with Crippen molar-refractivity contribution in [2.75, 3.05) is 6.61 Å². The van der Waals surface area contributed by atoms with E-state index in [0.29, 0.717) is 0 Å². The van der Waals surface area contributed by atoms with Crippen LogP contribution in [0.25, 0.3) is 0 Å². The number of aromatic hydroxyl groups is 2. The fourth-order valence-electron chi connectivity index (χ4n) is 2.01. The summed E-state index contributed by atoms with van der Waals surface area (Å²) in [4.78, 5) is 0. The number of phenols is 2. The molecule has 0 aromatic heterocycles. The molecule has 2 aromatic rings. The highest BCUT2D eigenvalue weighted by Gasteiger charge is 2.28. The molecule has 0 saturated heterocycles. The van der Waals surface area contributed by atoms with Crippen molar-refractivity contribution in [2.24, 2.45) is 0 Å². The van der Waals surface area contributed by atoms with Crippen molar-refractivity contribution >= 4 is 0 Å². The van der Waals surface area contributed by atoms with E-state index in [1.807, 2.05) is 6.92 Å². The van der Waals surface area contributed by atoms with Gasteiger partial charge in [-0.05, 0) is 42.3 Å². The van der Waals surface area contributed by atoms with Gasteiger partial charge in [-0.3, -0.25) is 0 Å².